The van der Waals surface area contributed by atoms with Crippen molar-refractivity contribution in [2.45, 2.75) is 58.4 Å². The summed E-state index contributed by atoms with van der Waals surface area (Å²) in [5, 5.41) is 0. The maximum absolute atomic E-state index is 2.79. The third-order valence-electron chi connectivity index (χ3n) is 4.27. The molecule has 1 aliphatic carbocycles. The van der Waals surface area contributed by atoms with Crippen molar-refractivity contribution in [2.24, 2.45) is 11.8 Å². The van der Waals surface area contributed by atoms with Crippen LogP contribution >= 0.6 is 0 Å². The molecule has 0 N–H and O–H groups in total. The summed E-state index contributed by atoms with van der Waals surface area (Å²) >= 11 is 0. The number of piperidine rings is 1. The van der Waals surface area contributed by atoms with E-state index in [0.717, 1.165) is 17.9 Å². The Kier molecular flexibility index (Phi) is 3.48. The van der Waals surface area contributed by atoms with Crippen LogP contribution in [0, 0.1) is 11.8 Å². The number of hydrogen-bond donors (Lipinski definition) is 0. The quantitative estimate of drug-likeness (QED) is 0.653. The van der Waals surface area contributed by atoms with Crippen molar-refractivity contribution >= 4 is 0 Å². The molecule has 0 aromatic rings. The monoisotopic (exact) mass is 195 g/mol. The molecule has 2 fully saturated rings. The minimum atomic E-state index is 0.888. The Labute approximate surface area is 88.9 Å². The van der Waals surface area contributed by atoms with Crippen molar-refractivity contribution < 1.29 is 0 Å². The fraction of sp³-hybridized carbons (Fsp3) is 1.00. The van der Waals surface area contributed by atoms with E-state index in [4.69, 9.17) is 0 Å². The standard InChI is InChI=1S/C13H25N/c1-11(2)12-6-5-9-14(10-12)13-7-3-4-8-13/h11-13H,3-10H2,1-2H3. The molecule has 2 aliphatic rings. The molecule has 0 spiro atoms. The van der Waals surface area contributed by atoms with Gasteiger partial charge in [0.15, 0.2) is 0 Å². The first-order valence-electron chi connectivity index (χ1n) is 6.51. The fourth-order valence-electron chi connectivity index (χ4n) is 3.19. The van der Waals surface area contributed by atoms with Crippen LogP contribution in [-0.4, -0.2) is 24.0 Å². The normalized spacial score (nSPS) is 31.5. The van der Waals surface area contributed by atoms with Gasteiger partial charge in [-0.05, 0) is 44.1 Å². The Morgan fingerprint density at radius 2 is 1.71 bits per heavy atom. The molecule has 1 aliphatic heterocycles. The Hall–Kier alpha value is -0.0400. The first kappa shape index (κ1) is 10.5. The molecule has 82 valence electrons. The van der Waals surface area contributed by atoms with Crippen molar-refractivity contribution in [3.8, 4) is 0 Å². The molecule has 1 unspecified atom stereocenters. The maximum atomic E-state index is 2.79. The van der Waals surface area contributed by atoms with Gasteiger partial charge < -0.3 is 4.90 Å². The Bertz CT molecular complexity index is 170. The van der Waals surface area contributed by atoms with E-state index in [2.05, 4.69) is 18.7 Å². The van der Waals surface area contributed by atoms with Gasteiger partial charge in [0.05, 0.1) is 0 Å². The van der Waals surface area contributed by atoms with Crippen LogP contribution < -0.4 is 0 Å². The number of rotatable bonds is 2. The molecule has 1 nitrogen and oxygen atoms in total. The van der Waals surface area contributed by atoms with Crippen LogP contribution in [0.1, 0.15) is 52.4 Å². The van der Waals surface area contributed by atoms with Gasteiger partial charge >= 0.3 is 0 Å². The molecular formula is C13H25N. The molecule has 1 saturated heterocycles. The van der Waals surface area contributed by atoms with E-state index in [1.165, 1.54) is 51.6 Å². The van der Waals surface area contributed by atoms with Crippen LogP contribution in [0.25, 0.3) is 0 Å². The lowest BCUT2D eigenvalue weighted by Crippen LogP contribution is -2.42. The Balaban J connectivity index is 1.86. The minimum Gasteiger partial charge on any atom is -0.300 e. The molecule has 0 aromatic carbocycles. The predicted molar refractivity (Wildman–Crippen MR) is 61.4 cm³/mol. The van der Waals surface area contributed by atoms with Crippen LogP contribution in [0.4, 0.5) is 0 Å². The Morgan fingerprint density at radius 3 is 2.36 bits per heavy atom. The SMILES string of the molecule is CC(C)C1CCCN(C2CCCC2)C1. The van der Waals surface area contributed by atoms with E-state index in [9.17, 15) is 0 Å². The molecule has 1 saturated carbocycles. The summed E-state index contributed by atoms with van der Waals surface area (Å²) in [5.74, 6) is 1.86. The third-order valence-corrected chi connectivity index (χ3v) is 4.27. The predicted octanol–water partition coefficient (Wildman–Crippen LogP) is 3.30. The molecule has 1 heteroatoms. The topological polar surface area (TPSA) is 3.24 Å². The largest absolute Gasteiger partial charge is 0.300 e. The highest BCUT2D eigenvalue weighted by Crippen LogP contribution is 2.30. The van der Waals surface area contributed by atoms with Gasteiger partial charge in [0.2, 0.25) is 0 Å². The number of nitrogens with zero attached hydrogens (tertiary/aromatic N) is 1. The highest BCUT2D eigenvalue weighted by Gasteiger charge is 2.28. The van der Waals surface area contributed by atoms with E-state index in [1.807, 2.05) is 0 Å². The van der Waals surface area contributed by atoms with E-state index >= 15 is 0 Å². The van der Waals surface area contributed by atoms with Gasteiger partial charge in [0.25, 0.3) is 0 Å². The van der Waals surface area contributed by atoms with Gasteiger partial charge in [0.1, 0.15) is 0 Å². The van der Waals surface area contributed by atoms with Crippen LogP contribution in [-0.2, 0) is 0 Å². The van der Waals surface area contributed by atoms with Crippen molar-refractivity contribution in [3.05, 3.63) is 0 Å². The van der Waals surface area contributed by atoms with Crippen molar-refractivity contribution in [2.75, 3.05) is 13.1 Å². The molecule has 0 aromatic heterocycles. The van der Waals surface area contributed by atoms with Crippen molar-refractivity contribution in [1.29, 1.82) is 0 Å². The second-order valence-corrected chi connectivity index (χ2v) is 5.58. The zero-order valence-electron chi connectivity index (χ0n) is 9.84. The summed E-state index contributed by atoms with van der Waals surface area (Å²) in [6.07, 6.45) is 8.83. The average Bonchev–Trinajstić information content (AvgIpc) is 2.71. The summed E-state index contributed by atoms with van der Waals surface area (Å²) < 4.78 is 0. The lowest BCUT2D eigenvalue weighted by molar-refractivity contribution is 0.104. The second kappa shape index (κ2) is 4.65. The van der Waals surface area contributed by atoms with E-state index in [1.54, 1.807) is 0 Å². The van der Waals surface area contributed by atoms with E-state index in [0.29, 0.717) is 0 Å². The van der Waals surface area contributed by atoms with Gasteiger partial charge in [-0.2, -0.15) is 0 Å². The minimum absolute atomic E-state index is 0.888. The van der Waals surface area contributed by atoms with Gasteiger partial charge in [0, 0.05) is 12.6 Å². The summed E-state index contributed by atoms with van der Waals surface area (Å²) in [6.45, 7) is 7.56. The van der Waals surface area contributed by atoms with Gasteiger partial charge in [-0.15, -0.1) is 0 Å². The smallest absolute Gasteiger partial charge is 0.00953 e. The maximum Gasteiger partial charge on any atom is 0.00953 e. The molecule has 1 heterocycles. The Morgan fingerprint density at radius 1 is 1.00 bits per heavy atom. The lowest BCUT2D eigenvalue weighted by Gasteiger charge is -2.38. The van der Waals surface area contributed by atoms with Crippen LogP contribution in [0.2, 0.25) is 0 Å². The van der Waals surface area contributed by atoms with E-state index < -0.39 is 0 Å². The van der Waals surface area contributed by atoms with Crippen LogP contribution in [0.5, 0.6) is 0 Å². The molecule has 2 rings (SSSR count). The second-order valence-electron chi connectivity index (χ2n) is 5.58. The van der Waals surface area contributed by atoms with Gasteiger partial charge in [-0.1, -0.05) is 26.7 Å². The van der Waals surface area contributed by atoms with E-state index in [-0.39, 0.29) is 0 Å². The first-order chi connectivity index (χ1) is 6.77. The summed E-state index contributed by atoms with van der Waals surface area (Å²) in [6, 6.07) is 0.955. The van der Waals surface area contributed by atoms with Crippen LogP contribution in [0.15, 0.2) is 0 Å². The summed E-state index contributed by atoms with van der Waals surface area (Å²) in [4.78, 5) is 2.79. The zero-order chi connectivity index (χ0) is 9.97. The summed E-state index contributed by atoms with van der Waals surface area (Å²) in [5.41, 5.74) is 0. The van der Waals surface area contributed by atoms with Crippen molar-refractivity contribution in [1.82, 2.24) is 4.90 Å². The number of likely N-dealkylation sites (tertiary alicyclic amines) is 1. The fourth-order valence-corrected chi connectivity index (χ4v) is 3.19. The molecule has 0 amide bonds. The van der Waals surface area contributed by atoms with Crippen molar-refractivity contribution in [3.63, 3.8) is 0 Å². The average molecular weight is 195 g/mol. The summed E-state index contributed by atoms with van der Waals surface area (Å²) in [7, 11) is 0. The lowest BCUT2D eigenvalue weighted by atomic mass is 9.87. The highest BCUT2D eigenvalue weighted by atomic mass is 15.2. The molecular weight excluding hydrogens is 170 g/mol. The first-order valence-corrected chi connectivity index (χ1v) is 6.51. The molecule has 1 atom stereocenters. The zero-order valence-corrected chi connectivity index (χ0v) is 9.84. The van der Waals surface area contributed by atoms with Crippen LogP contribution in [0.3, 0.4) is 0 Å². The third kappa shape index (κ3) is 2.31. The molecule has 14 heavy (non-hydrogen) atoms. The van der Waals surface area contributed by atoms with Gasteiger partial charge in [-0.25, -0.2) is 0 Å². The number of hydrogen-bond acceptors (Lipinski definition) is 1. The highest BCUT2D eigenvalue weighted by molar-refractivity contribution is 4.83. The molecule has 0 radical (unpaired) electrons. The molecule has 0 bridgehead atoms. The van der Waals surface area contributed by atoms with Gasteiger partial charge in [-0.3, -0.25) is 0 Å².